The number of amides is 2. The van der Waals surface area contributed by atoms with Crippen LogP contribution in [0.3, 0.4) is 0 Å². The Balaban J connectivity index is 1.73. The number of nitrogens with zero attached hydrogens (tertiary/aromatic N) is 2. The summed E-state index contributed by atoms with van der Waals surface area (Å²) >= 11 is 0. The van der Waals surface area contributed by atoms with Gasteiger partial charge in [-0.2, -0.15) is 0 Å². The van der Waals surface area contributed by atoms with Gasteiger partial charge in [0.15, 0.2) is 11.5 Å². The maximum absolute atomic E-state index is 13.5. The first-order valence-corrected chi connectivity index (χ1v) is 11.3. The summed E-state index contributed by atoms with van der Waals surface area (Å²) in [5, 5.41) is 0. The molecule has 2 heterocycles. The molecule has 2 aliphatic heterocycles. The van der Waals surface area contributed by atoms with Gasteiger partial charge in [-0.3, -0.25) is 14.5 Å². The Hall–Kier alpha value is -3.23. The Morgan fingerprint density at radius 3 is 2.70 bits per heavy atom. The van der Waals surface area contributed by atoms with Crippen molar-refractivity contribution < 1.29 is 33.3 Å². The zero-order valence-corrected chi connectivity index (χ0v) is 19.1. The lowest BCUT2D eigenvalue weighted by atomic mass is 10.0. The summed E-state index contributed by atoms with van der Waals surface area (Å²) in [6.07, 6.45) is 5.04. The normalized spacial score (nSPS) is 19.9. The number of carbonyl (C=O) groups excluding carboxylic acids is 3. The molecule has 1 aromatic carbocycles. The summed E-state index contributed by atoms with van der Waals surface area (Å²) in [6, 6.07) is 3.27. The third kappa shape index (κ3) is 4.12. The van der Waals surface area contributed by atoms with Gasteiger partial charge in [0, 0.05) is 19.0 Å². The van der Waals surface area contributed by atoms with Crippen LogP contribution in [0.4, 0.5) is 10.5 Å². The summed E-state index contributed by atoms with van der Waals surface area (Å²) in [7, 11) is 2.84. The summed E-state index contributed by atoms with van der Waals surface area (Å²) in [5.41, 5.74) is 0.372. The molecule has 1 saturated carbocycles. The van der Waals surface area contributed by atoms with E-state index in [-0.39, 0.29) is 37.6 Å². The van der Waals surface area contributed by atoms with Gasteiger partial charge in [0.25, 0.3) is 5.91 Å². The molecule has 1 saturated heterocycles. The van der Waals surface area contributed by atoms with Crippen molar-refractivity contribution in [3.63, 3.8) is 0 Å². The highest BCUT2D eigenvalue weighted by Gasteiger charge is 2.62. The van der Waals surface area contributed by atoms with Crippen LogP contribution in [-0.4, -0.2) is 68.4 Å². The minimum Gasteiger partial charge on any atom is -0.493 e. The number of rotatable bonds is 8. The van der Waals surface area contributed by atoms with E-state index in [1.807, 2.05) is 4.90 Å². The molecule has 2 fully saturated rings. The van der Waals surface area contributed by atoms with Crippen LogP contribution in [0, 0.1) is 0 Å². The first-order chi connectivity index (χ1) is 16.0. The van der Waals surface area contributed by atoms with E-state index in [0.717, 1.165) is 25.7 Å². The number of carbonyl (C=O) groups is 3. The molecule has 178 valence electrons. The van der Waals surface area contributed by atoms with Crippen LogP contribution < -0.4 is 14.4 Å². The molecule has 3 aliphatic rings. The van der Waals surface area contributed by atoms with E-state index >= 15 is 0 Å². The molecule has 2 amide bonds. The van der Waals surface area contributed by atoms with Gasteiger partial charge in [-0.15, -0.1) is 0 Å². The third-order valence-electron chi connectivity index (χ3n) is 6.61. The fourth-order valence-corrected chi connectivity index (χ4v) is 4.95. The average Bonchev–Trinajstić information content (AvgIpc) is 3.46. The molecule has 1 unspecified atom stereocenters. The molecule has 0 N–H and O–H groups in total. The minimum atomic E-state index is -0.503. The molecule has 1 atom stereocenters. The predicted octanol–water partition coefficient (Wildman–Crippen LogP) is 3.31. The van der Waals surface area contributed by atoms with Gasteiger partial charge in [0.1, 0.15) is 6.61 Å². The summed E-state index contributed by atoms with van der Waals surface area (Å²) < 4.78 is 21.5. The second-order valence-corrected chi connectivity index (χ2v) is 8.51. The topological polar surface area (TPSA) is 94.6 Å². The molecule has 0 bridgehead atoms. The van der Waals surface area contributed by atoms with Crippen molar-refractivity contribution in [3.05, 3.63) is 30.4 Å². The molecule has 9 nitrogen and oxygen atoms in total. The van der Waals surface area contributed by atoms with Crippen LogP contribution in [-0.2, 0) is 14.3 Å². The molecule has 1 aromatic rings. The zero-order chi connectivity index (χ0) is 23.6. The van der Waals surface area contributed by atoms with E-state index in [1.54, 1.807) is 17.0 Å². The van der Waals surface area contributed by atoms with E-state index in [0.29, 0.717) is 35.7 Å². The molecular formula is C24H30N2O7. The van der Waals surface area contributed by atoms with Gasteiger partial charge in [-0.25, -0.2) is 4.79 Å². The molecule has 0 aromatic heterocycles. The summed E-state index contributed by atoms with van der Waals surface area (Å²) in [6.45, 7) is 4.62. The van der Waals surface area contributed by atoms with E-state index in [1.165, 1.54) is 20.3 Å². The van der Waals surface area contributed by atoms with Crippen LogP contribution in [0.25, 0.3) is 0 Å². The fourth-order valence-electron chi connectivity index (χ4n) is 4.95. The van der Waals surface area contributed by atoms with Crippen molar-refractivity contribution in [2.45, 2.75) is 50.1 Å². The van der Waals surface area contributed by atoms with Crippen molar-refractivity contribution >= 4 is 23.7 Å². The van der Waals surface area contributed by atoms with E-state index < -0.39 is 11.6 Å². The molecule has 9 heteroatoms. The van der Waals surface area contributed by atoms with Gasteiger partial charge in [0.2, 0.25) is 0 Å². The molecule has 1 aliphatic carbocycles. The largest absolute Gasteiger partial charge is 0.493 e. The number of fused-ring (bicyclic) bond motifs is 3. The van der Waals surface area contributed by atoms with Crippen molar-refractivity contribution in [1.29, 1.82) is 0 Å². The highest BCUT2D eigenvalue weighted by Crippen LogP contribution is 2.55. The molecule has 33 heavy (non-hydrogen) atoms. The molecule has 4 rings (SSSR count). The highest BCUT2D eigenvalue weighted by molar-refractivity contribution is 6.07. The predicted molar refractivity (Wildman–Crippen MR) is 120 cm³/mol. The highest BCUT2D eigenvalue weighted by atomic mass is 16.6. The first-order valence-electron chi connectivity index (χ1n) is 11.3. The minimum absolute atomic E-state index is 0.0518. The van der Waals surface area contributed by atoms with Crippen molar-refractivity contribution in [1.82, 2.24) is 4.90 Å². The van der Waals surface area contributed by atoms with Crippen molar-refractivity contribution in [2.24, 2.45) is 0 Å². The smallest absolute Gasteiger partial charge is 0.415 e. The van der Waals surface area contributed by atoms with Gasteiger partial charge < -0.3 is 23.8 Å². The number of anilines is 1. The SMILES string of the molecule is C=CCOC(=O)N1c2cc(OCCCC(=O)OC)c(OC)cc2C(=O)N2CCCC2C12CC2. The lowest BCUT2D eigenvalue weighted by molar-refractivity contribution is -0.140. The van der Waals surface area contributed by atoms with Crippen LogP contribution >= 0.6 is 0 Å². The van der Waals surface area contributed by atoms with Crippen molar-refractivity contribution in [2.75, 3.05) is 38.9 Å². The van der Waals surface area contributed by atoms with Crippen molar-refractivity contribution in [3.8, 4) is 11.5 Å². The number of ether oxygens (including phenoxy) is 4. The Bertz CT molecular complexity index is 956. The standard InChI is InChI=1S/C24H30N2O7/c1-4-12-33-23(29)26-17-15-19(32-13-6-8-21(27)31-3)18(30-2)14-16(17)22(28)25-11-5-7-20(25)24(26)9-10-24/h4,14-15,20H,1,5-13H2,2-3H3. The summed E-state index contributed by atoms with van der Waals surface area (Å²) in [4.78, 5) is 41.7. The van der Waals surface area contributed by atoms with Gasteiger partial charge >= 0.3 is 12.1 Å². The van der Waals surface area contributed by atoms with Crippen LogP contribution in [0.5, 0.6) is 11.5 Å². The first kappa shape index (κ1) is 22.9. The second kappa shape index (κ2) is 9.33. The van der Waals surface area contributed by atoms with E-state index in [4.69, 9.17) is 14.2 Å². The van der Waals surface area contributed by atoms with E-state index in [2.05, 4.69) is 11.3 Å². The lowest BCUT2D eigenvalue weighted by Crippen LogP contribution is -2.53. The van der Waals surface area contributed by atoms with Gasteiger partial charge in [-0.05, 0) is 38.2 Å². The lowest BCUT2D eigenvalue weighted by Gasteiger charge is -2.36. The maximum atomic E-state index is 13.5. The Labute approximate surface area is 193 Å². The van der Waals surface area contributed by atoms with E-state index in [9.17, 15) is 14.4 Å². The monoisotopic (exact) mass is 458 g/mol. The number of hydrogen-bond donors (Lipinski definition) is 0. The van der Waals surface area contributed by atoms with Gasteiger partial charge in [0.05, 0.1) is 43.7 Å². The average molecular weight is 459 g/mol. The molecule has 1 spiro atoms. The number of hydrogen-bond acceptors (Lipinski definition) is 7. The maximum Gasteiger partial charge on any atom is 0.415 e. The quantitative estimate of drug-likeness (QED) is 0.335. The second-order valence-electron chi connectivity index (χ2n) is 8.51. The molecule has 0 radical (unpaired) electrons. The molecular weight excluding hydrogens is 428 g/mol. The zero-order valence-electron chi connectivity index (χ0n) is 19.1. The number of esters is 1. The van der Waals surface area contributed by atoms with Crippen LogP contribution in [0.2, 0.25) is 0 Å². The Morgan fingerprint density at radius 2 is 2.03 bits per heavy atom. The fraction of sp³-hybridized carbons (Fsp3) is 0.542. The summed E-state index contributed by atoms with van der Waals surface area (Å²) in [5.74, 6) is 0.356. The Kier molecular flexibility index (Phi) is 6.49. The van der Waals surface area contributed by atoms with Crippen LogP contribution in [0.1, 0.15) is 48.9 Å². The van der Waals surface area contributed by atoms with Crippen LogP contribution in [0.15, 0.2) is 24.8 Å². The third-order valence-corrected chi connectivity index (χ3v) is 6.61. The van der Waals surface area contributed by atoms with Gasteiger partial charge in [-0.1, -0.05) is 12.7 Å². The number of methoxy groups -OCH3 is 2. The Morgan fingerprint density at radius 1 is 1.24 bits per heavy atom. The number of benzene rings is 1.